The molecule has 4 rings (SSSR count). The van der Waals surface area contributed by atoms with Crippen molar-refractivity contribution in [1.82, 2.24) is 14.7 Å². The van der Waals surface area contributed by atoms with Crippen molar-refractivity contribution in [3.05, 3.63) is 75.7 Å². The van der Waals surface area contributed by atoms with E-state index >= 15 is 0 Å². The first-order valence-corrected chi connectivity index (χ1v) is 9.22. The summed E-state index contributed by atoms with van der Waals surface area (Å²) >= 11 is 0. The number of fused-ring (bicyclic) bond motifs is 1. The van der Waals surface area contributed by atoms with Crippen LogP contribution in [0.15, 0.2) is 51.9 Å². The van der Waals surface area contributed by atoms with Crippen LogP contribution in [0.3, 0.4) is 0 Å². The summed E-state index contributed by atoms with van der Waals surface area (Å²) in [4.78, 5) is 17.6. The van der Waals surface area contributed by atoms with Gasteiger partial charge in [0.25, 0.3) is 5.56 Å². The Hall–Kier alpha value is -3.45. The molecule has 0 saturated carbocycles. The van der Waals surface area contributed by atoms with Crippen LogP contribution >= 0.6 is 0 Å². The van der Waals surface area contributed by atoms with Crippen LogP contribution in [0.5, 0.6) is 5.75 Å². The summed E-state index contributed by atoms with van der Waals surface area (Å²) in [5, 5.41) is 14.6. The molecule has 3 heterocycles. The lowest BCUT2D eigenvalue weighted by atomic mass is 9.98. The molecule has 0 unspecified atom stereocenters. The van der Waals surface area contributed by atoms with Gasteiger partial charge in [-0.2, -0.15) is 0 Å². The van der Waals surface area contributed by atoms with Crippen molar-refractivity contribution >= 4 is 10.9 Å². The number of methoxy groups -OCH3 is 1. The van der Waals surface area contributed by atoms with E-state index in [-0.39, 0.29) is 18.7 Å². The molecule has 0 bridgehead atoms. The first-order chi connectivity index (χ1) is 14.0. The number of hydrogen-bond acceptors (Lipinski definition) is 6. The number of pyridine rings is 2. The summed E-state index contributed by atoms with van der Waals surface area (Å²) in [6.07, 6.45) is 1.69. The topological polar surface area (TPSA) is 90.4 Å². The van der Waals surface area contributed by atoms with Crippen LogP contribution in [-0.2, 0) is 13.2 Å². The number of ether oxygens (including phenoxy) is 1. The van der Waals surface area contributed by atoms with Crippen molar-refractivity contribution in [3.8, 4) is 16.9 Å². The van der Waals surface area contributed by atoms with Gasteiger partial charge < -0.3 is 18.9 Å². The molecule has 0 amide bonds. The molecule has 0 saturated heterocycles. The quantitative estimate of drug-likeness (QED) is 0.562. The van der Waals surface area contributed by atoms with Gasteiger partial charge in [-0.1, -0.05) is 11.2 Å². The van der Waals surface area contributed by atoms with Gasteiger partial charge in [0.1, 0.15) is 11.5 Å². The largest absolute Gasteiger partial charge is 0.496 e. The Bertz CT molecular complexity index is 1220. The second kappa shape index (κ2) is 7.52. The van der Waals surface area contributed by atoms with Crippen molar-refractivity contribution in [2.75, 3.05) is 7.11 Å². The van der Waals surface area contributed by atoms with Crippen LogP contribution in [0, 0.1) is 13.8 Å². The number of nitrogens with zero attached hydrogens (tertiary/aromatic N) is 3. The van der Waals surface area contributed by atoms with Gasteiger partial charge in [0.05, 0.1) is 48.3 Å². The fourth-order valence-electron chi connectivity index (χ4n) is 3.69. The molecule has 0 aliphatic heterocycles. The predicted octanol–water partition coefficient (Wildman–Crippen LogP) is 3.22. The molecule has 3 aromatic heterocycles. The first kappa shape index (κ1) is 18.9. The molecule has 1 N–H and O–H groups in total. The maximum atomic E-state index is 13.2. The van der Waals surface area contributed by atoms with Crippen LogP contribution in [0.2, 0.25) is 0 Å². The highest BCUT2D eigenvalue weighted by Crippen LogP contribution is 2.40. The highest BCUT2D eigenvalue weighted by molar-refractivity contribution is 5.98. The molecule has 0 aliphatic rings. The maximum Gasteiger partial charge on any atom is 0.256 e. The first-order valence-electron chi connectivity index (χ1n) is 9.22. The Morgan fingerprint density at radius 1 is 1.17 bits per heavy atom. The Morgan fingerprint density at radius 2 is 2.00 bits per heavy atom. The minimum absolute atomic E-state index is 0.257. The van der Waals surface area contributed by atoms with E-state index in [0.29, 0.717) is 28.3 Å². The van der Waals surface area contributed by atoms with Crippen molar-refractivity contribution in [3.63, 3.8) is 0 Å². The maximum absolute atomic E-state index is 13.2. The van der Waals surface area contributed by atoms with E-state index in [4.69, 9.17) is 9.26 Å². The van der Waals surface area contributed by atoms with Gasteiger partial charge in [0, 0.05) is 11.8 Å². The van der Waals surface area contributed by atoms with Gasteiger partial charge in [-0.3, -0.25) is 9.78 Å². The summed E-state index contributed by atoms with van der Waals surface area (Å²) < 4.78 is 12.7. The Morgan fingerprint density at radius 3 is 2.62 bits per heavy atom. The van der Waals surface area contributed by atoms with Crippen LogP contribution in [0.1, 0.15) is 22.7 Å². The Balaban J connectivity index is 2.14. The standard InChI is InChI=1S/C22H21N3O4/c1-13-19(14(2)29-24-13)20-18(28-3)8-7-15-10-16(12-26)22(27)25(21(15)20)11-17-6-4-5-9-23-17/h4-10,26H,11-12H2,1-3H3. The molecule has 0 spiro atoms. The average molecular weight is 391 g/mol. The lowest BCUT2D eigenvalue weighted by Gasteiger charge is -2.18. The molecule has 7 nitrogen and oxygen atoms in total. The number of aryl methyl sites for hydroxylation is 2. The van der Waals surface area contributed by atoms with Gasteiger partial charge in [-0.25, -0.2) is 0 Å². The molecule has 7 heteroatoms. The fraction of sp³-hybridized carbons (Fsp3) is 0.227. The zero-order valence-corrected chi connectivity index (χ0v) is 16.5. The second-order valence-corrected chi connectivity index (χ2v) is 6.82. The molecule has 0 atom stereocenters. The van der Waals surface area contributed by atoms with Crippen molar-refractivity contribution in [2.24, 2.45) is 0 Å². The Labute approximate surface area is 167 Å². The number of rotatable bonds is 5. The van der Waals surface area contributed by atoms with E-state index < -0.39 is 0 Å². The van der Waals surface area contributed by atoms with Gasteiger partial charge in [0.2, 0.25) is 0 Å². The van der Waals surface area contributed by atoms with Crippen LogP contribution in [0.25, 0.3) is 22.0 Å². The van der Waals surface area contributed by atoms with E-state index in [1.54, 1.807) is 23.9 Å². The lowest BCUT2D eigenvalue weighted by molar-refractivity contribution is 0.279. The highest BCUT2D eigenvalue weighted by Gasteiger charge is 2.22. The summed E-state index contributed by atoms with van der Waals surface area (Å²) in [5.41, 5.74) is 3.70. The molecule has 4 aromatic rings. The minimum Gasteiger partial charge on any atom is -0.496 e. The molecular weight excluding hydrogens is 370 g/mol. The molecule has 0 radical (unpaired) electrons. The van der Waals surface area contributed by atoms with E-state index in [1.807, 2.05) is 44.2 Å². The van der Waals surface area contributed by atoms with Crippen molar-refractivity contribution < 1.29 is 14.4 Å². The normalized spacial score (nSPS) is 11.2. The molecule has 148 valence electrons. The number of aliphatic hydroxyl groups excluding tert-OH is 1. The Kier molecular flexibility index (Phi) is 4.90. The minimum atomic E-state index is -0.344. The summed E-state index contributed by atoms with van der Waals surface area (Å²) in [6, 6.07) is 11.0. The van der Waals surface area contributed by atoms with Gasteiger partial charge in [-0.15, -0.1) is 0 Å². The third-order valence-electron chi connectivity index (χ3n) is 5.01. The average Bonchev–Trinajstić information content (AvgIpc) is 3.07. The summed E-state index contributed by atoms with van der Waals surface area (Å²) in [6.45, 7) is 3.60. The number of aliphatic hydroxyl groups is 1. The number of aromatic nitrogens is 3. The zero-order valence-electron chi connectivity index (χ0n) is 16.5. The van der Waals surface area contributed by atoms with Crippen LogP contribution in [-0.4, -0.2) is 26.9 Å². The van der Waals surface area contributed by atoms with Gasteiger partial charge >= 0.3 is 0 Å². The van der Waals surface area contributed by atoms with E-state index in [9.17, 15) is 9.90 Å². The smallest absolute Gasteiger partial charge is 0.256 e. The molecule has 0 aliphatic carbocycles. The summed E-state index contributed by atoms with van der Waals surface area (Å²) in [7, 11) is 1.59. The predicted molar refractivity (Wildman–Crippen MR) is 109 cm³/mol. The molecule has 29 heavy (non-hydrogen) atoms. The number of benzene rings is 1. The highest BCUT2D eigenvalue weighted by atomic mass is 16.5. The van der Waals surface area contributed by atoms with Crippen LogP contribution < -0.4 is 10.3 Å². The van der Waals surface area contributed by atoms with E-state index in [2.05, 4.69) is 10.1 Å². The van der Waals surface area contributed by atoms with Crippen molar-refractivity contribution in [2.45, 2.75) is 27.0 Å². The SMILES string of the molecule is COc1ccc2cc(CO)c(=O)n(Cc3ccccn3)c2c1-c1c(C)noc1C. The fourth-order valence-corrected chi connectivity index (χ4v) is 3.69. The second-order valence-electron chi connectivity index (χ2n) is 6.82. The molecular formula is C22H21N3O4. The third-order valence-corrected chi connectivity index (χ3v) is 5.01. The van der Waals surface area contributed by atoms with Gasteiger partial charge in [-0.05, 0) is 49.6 Å². The molecule has 1 aromatic carbocycles. The van der Waals surface area contributed by atoms with Crippen molar-refractivity contribution in [1.29, 1.82) is 0 Å². The van der Waals surface area contributed by atoms with Crippen LogP contribution in [0.4, 0.5) is 0 Å². The third kappa shape index (κ3) is 3.19. The number of hydrogen-bond donors (Lipinski definition) is 1. The van der Waals surface area contributed by atoms with E-state index in [0.717, 1.165) is 22.2 Å². The zero-order chi connectivity index (χ0) is 20.5. The monoisotopic (exact) mass is 391 g/mol. The molecule has 0 fully saturated rings. The van der Waals surface area contributed by atoms with Gasteiger partial charge in [0.15, 0.2) is 0 Å². The lowest BCUT2D eigenvalue weighted by Crippen LogP contribution is -2.25. The summed E-state index contributed by atoms with van der Waals surface area (Å²) in [5.74, 6) is 1.24. The van der Waals surface area contributed by atoms with E-state index in [1.165, 1.54) is 0 Å².